The molecule has 1 aliphatic heterocycles. The molecule has 3 nitrogen and oxygen atoms in total. The van der Waals surface area contributed by atoms with Gasteiger partial charge in [0.05, 0.1) is 11.2 Å². The fourth-order valence-electron chi connectivity index (χ4n) is 3.15. The van der Waals surface area contributed by atoms with E-state index >= 15 is 0 Å². The number of fused-ring (bicyclic) bond motifs is 1. The molecule has 1 aromatic heterocycles. The molecule has 2 heterocycles. The van der Waals surface area contributed by atoms with E-state index in [9.17, 15) is 0 Å². The van der Waals surface area contributed by atoms with Gasteiger partial charge in [0.2, 0.25) is 0 Å². The lowest BCUT2D eigenvalue weighted by molar-refractivity contribution is 0.0604. The Morgan fingerprint density at radius 1 is 1.19 bits per heavy atom. The van der Waals surface area contributed by atoms with Crippen molar-refractivity contribution in [2.24, 2.45) is 5.92 Å². The zero-order valence-electron chi connectivity index (χ0n) is 12.7. The van der Waals surface area contributed by atoms with Crippen molar-refractivity contribution in [1.29, 1.82) is 0 Å². The molecule has 2 aromatic rings. The van der Waals surface area contributed by atoms with E-state index in [1.807, 2.05) is 0 Å². The number of aromatic nitrogens is 1. The molecule has 0 aliphatic carbocycles. The summed E-state index contributed by atoms with van der Waals surface area (Å²) in [6, 6.07) is 13.0. The lowest BCUT2D eigenvalue weighted by Gasteiger charge is -2.27. The van der Waals surface area contributed by atoms with E-state index in [0.29, 0.717) is 6.04 Å². The summed E-state index contributed by atoms with van der Waals surface area (Å²) in [7, 11) is 0. The van der Waals surface area contributed by atoms with Crippen LogP contribution in [-0.2, 0) is 4.74 Å². The van der Waals surface area contributed by atoms with Gasteiger partial charge in [0.25, 0.3) is 0 Å². The number of nitrogens with one attached hydrogen (secondary N) is 1. The highest BCUT2D eigenvalue weighted by molar-refractivity contribution is 5.78. The zero-order chi connectivity index (χ0) is 14.5. The van der Waals surface area contributed by atoms with Crippen LogP contribution in [0.25, 0.3) is 10.9 Å². The van der Waals surface area contributed by atoms with Crippen LogP contribution in [0.5, 0.6) is 0 Å². The molecule has 112 valence electrons. The molecule has 3 rings (SSSR count). The van der Waals surface area contributed by atoms with Gasteiger partial charge >= 0.3 is 0 Å². The number of hydrogen-bond acceptors (Lipinski definition) is 3. The standard InChI is InChI=1S/C18H24N2O/c1-2-19-18(13-14-9-11-21-12-10-14)17-8-7-15-5-3-4-6-16(15)20-17/h3-8,14,18-19H,2,9-13H2,1H3. The summed E-state index contributed by atoms with van der Waals surface area (Å²) in [5.41, 5.74) is 2.26. The molecule has 1 saturated heterocycles. The van der Waals surface area contributed by atoms with Crippen LogP contribution in [0.15, 0.2) is 36.4 Å². The summed E-state index contributed by atoms with van der Waals surface area (Å²) in [5.74, 6) is 0.746. The topological polar surface area (TPSA) is 34.1 Å². The quantitative estimate of drug-likeness (QED) is 0.909. The lowest BCUT2D eigenvalue weighted by atomic mass is 9.91. The van der Waals surface area contributed by atoms with E-state index < -0.39 is 0 Å². The number of para-hydroxylation sites is 1. The number of ether oxygens (including phenoxy) is 1. The largest absolute Gasteiger partial charge is 0.381 e. The number of hydrogen-bond donors (Lipinski definition) is 1. The first-order valence-corrected chi connectivity index (χ1v) is 8.03. The summed E-state index contributed by atoms with van der Waals surface area (Å²) in [6.07, 6.45) is 3.51. The van der Waals surface area contributed by atoms with Gasteiger partial charge in [0.15, 0.2) is 0 Å². The second-order valence-electron chi connectivity index (χ2n) is 5.83. The molecule has 0 spiro atoms. The Labute approximate surface area is 126 Å². The van der Waals surface area contributed by atoms with Crippen LogP contribution in [0.2, 0.25) is 0 Å². The molecule has 1 N–H and O–H groups in total. The molecule has 3 heteroatoms. The zero-order valence-corrected chi connectivity index (χ0v) is 12.7. The van der Waals surface area contributed by atoms with Gasteiger partial charge in [-0.15, -0.1) is 0 Å². The van der Waals surface area contributed by atoms with Gasteiger partial charge in [-0.05, 0) is 43.9 Å². The predicted octanol–water partition coefficient (Wildman–Crippen LogP) is 3.70. The molecular formula is C18H24N2O. The van der Waals surface area contributed by atoms with Crippen LogP contribution >= 0.6 is 0 Å². The smallest absolute Gasteiger partial charge is 0.0706 e. The Balaban J connectivity index is 1.80. The molecule has 0 bridgehead atoms. The van der Waals surface area contributed by atoms with E-state index in [2.05, 4.69) is 48.6 Å². The summed E-state index contributed by atoms with van der Waals surface area (Å²) >= 11 is 0. The highest BCUT2D eigenvalue weighted by Gasteiger charge is 2.21. The average Bonchev–Trinajstić information content (AvgIpc) is 2.55. The van der Waals surface area contributed by atoms with E-state index in [4.69, 9.17) is 9.72 Å². The summed E-state index contributed by atoms with van der Waals surface area (Å²) in [5, 5.41) is 4.82. The van der Waals surface area contributed by atoms with Gasteiger partial charge in [0.1, 0.15) is 0 Å². The van der Waals surface area contributed by atoms with E-state index in [1.54, 1.807) is 0 Å². The number of nitrogens with zero attached hydrogens (tertiary/aromatic N) is 1. The molecule has 1 unspecified atom stereocenters. The molecule has 0 saturated carbocycles. The third-order valence-electron chi connectivity index (χ3n) is 4.34. The second kappa shape index (κ2) is 7.01. The summed E-state index contributed by atoms with van der Waals surface area (Å²) in [6.45, 7) is 4.96. The summed E-state index contributed by atoms with van der Waals surface area (Å²) < 4.78 is 5.47. The van der Waals surface area contributed by atoms with Gasteiger partial charge in [-0.3, -0.25) is 4.98 Å². The fraction of sp³-hybridized carbons (Fsp3) is 0.500. The van der Waals surface area contributed by atoms with Crippen molar-refractivity contribution in [3.63, 3.8) is 0 Å². The van der Waals surface area contributed by atoms with E-state index in [1.165, 1.54) is 23.9 Å². The van der Waals surface area contributed by atoms with Crippen molar-refractivity contribution in [2.45, 2.75) is 32.2 Å². The third-order valence-corrected chi connectivity index (χ3v) is 4.34. The molecule has 1 aromatic carbocycles. The second-order valence-corrected chi connectivity index (χ2v) is 5.83. The molecule has 1 atom stereocenters. The van der Waals surface area contributed by atoms with E-state index in [0.717, 1.165) is 37.6 Å². The highest BCUT2D eigenvalue weighted by atomic mass is 16.5. The first-order chi connectivity index (χ1) is 10.4. The Morgan fingerprint density at radius 2 is 2.00 bits per heavy atom. The highest BCUT2D eigenvalue weighted by Crippen LogP contribution is 2.27. The maximum absolute atomic E-state index is 5.47. The number of benzene rings is 1. The molecule has 0 radical (unpaired) electrons. The van der Waals surface area contributed by atoms with Crippen molar-refractivity contribution < 1.29 is 4.74 Å². The van der Waals surface area contributed by atoms with Gasteiger partial charge < -0.3 is 10.1 Å². The maximum atomic E-state index is 5.47. The normalized spacial score (nSPS) is 18.0. The minimum absolute atomic E-state index is 0.350. The van der Waals surface area contributed by atoms with Gasteiger partial charge in [-0.2, -0.15) is 0 Å². The summed E-state index contributed by atoms with van der Waals surface area (Å²) in [4.78, 5) is 4.87. The Hall–Kier alpha value is -1.45. The average molecular weight is 284 g/mol. The first kappa shape index (κ1) is 14.5. The maximum Gasteiger partial charge on any atom is 0.0706 e. The van der Waals surface area contributed by atoms with Crippen molar-refractivity contribution in [2.75, 3.05) is 19.8 Å². The number of rotatable bonds is 5. The van der Waals surface area contributed by atoms with Crippen molar-refractivity contribution in [3.8, 4) is 0 Å². The lowest BCUT2D eigenvalue weighted by Crippen LogP contribution is -2.27. The van der Waals surface area contributed by atoms with Gasteiger partial charge in [-0.1, -0.05) is 31.2 Å². The Bertz CT molecular complexity index is 578. The minimum atomic E-state index is 0.350. The van der Waals surface area contributed by atoms with Crippen LogP contribution in [0, 0.1) is 5.92 Å². The van der Waals surface area contributed by atoms with Crippen molar-refractivity contribution >= 4 is 10.9 Å². The first-order valence-electron chi connectivity index (χ1n) is 8.03. The Morgan fingerprint density at radius 3 is 2.81 bits per heavy atom. The monoisotopic (exact) mass is 284 g/mol. The van der Waals surface area contributed by atoms with Crippen LogP contribution in [-0.4, -0.2) is 24.7 Å². The Kier molecular flexibility index (Phi) is 4.84. The van der Waals surface area contributed by atoms with Crippen LogP contribution in [0.4, 0.5) is 0 Å². The molecular weight excluding hydrogens is 260 g/mol. The predicted molar refractivity (Wildman–Crippen MR) is 86.3 cm³/mol. The molecule has 0 amide bonds. The molecule has 21 heavy (non-hydrogen) atoms. The number of pyridine rings is 1. The van der Waals surface area contributed by atoms with Crippen LogP contribution in [0.3, 0.4) is 0 Å². The van der Waals surface area contributed by atoms with Crippen LogP contribution < -0.4 is 5.32 Å². The molecule has 1 aliphatic rings. The third kappa shape index (κ3) is 3.60. The van der Waals surface area contributed by atoms with Gasteiger partial charge in [0, 0.05) is 24.6 Å². The fourth-order valence-corrected chi connectivity index (χ4v) is 3.15. The van der Waals surface area contributed by atoms with Crippen molar-refractivity contribution in [1.82, 2.24) is 10.3 Å². The SMILES string of the molecule is CCNC(CC1CCOCC1)c1ccc2ccccc2n1. The van der Waals surface area contributed by atoms with Crippen LogP contribution in [0.1, 0.15) is 37.9 Å². The molecule has 1 fully saturated rings. The van der Waals surface area contributed by atoms with E-state index in [-0.39, 0.29) is 0 Å². The van der Waals surface area contributed by atoms with Gasteiger partial charge in [-0.25, -0.2) is 0 Å². The minimum Gasteiger partial charge on any atom is -0.381 e. The van der Waals surface area contributed by atoms with Crippen molar-refractivity contribution in [3.05, 3.63) is 42.1 Å².